The summed E-state index contributed by atoms with van der Waals surface area (Å²) >= 11 is 0. The molecular weight excluding hydrogens is 244 g/mol. The zero-order chi connectivity index (χ0) is 14.6. The van der Waals surface area contributed by atoms with Gasteiger partial charge in [0.2, 0.25) is 0 Å². The van der Waals surface area contributed by atoms with Gasteiger partial charge >= 0.3 is 0 Å². The van der Waals surface area contributed by atoms with Gasteiger partial charge in [-0.1, -0.05) is 42.7 Å². The second-order valence-corrected chi connectivity index (χ2v) is 6.69. The third-order valence-electron chi connectivity index (χ3n) is 4.79. The van der Waals surface area contributed by atoms with Crippen molar-refractivity contribution in [3.8, 4) is 0 Å². The fourth-order valence-corrected chi connectivity index (χ4v) is 3.61. The minimum absolute atomic E-state index is 0.146. The standard InChI is InChI=1S/C18H30N2/c1-15-10-9-11-16(14-15)17(19-4)18(2,3)20-12-7-5-6-8-13-20/h9-11,14,17,19H,5-8,12-13H2,1-4H3. The normalized spacial score (nSPS) is 19.6. The van der Waals surface area contributed by atoms with Crippen LogP contribution in [0.3, 0.4) is 0 Å². The lowest BCUT2D eigenvalue weighted by atomic mass is 9.86. The van der Waals surface area contributed by atoms with E-state index < -0.39 is 0 Å². The number of rotatable bonds is 4. The quantitative estimate of drug-likeness (QED) is 0.895. The topological polar surface area (TPSA) is 15.3 Å². The number of likely N-dealkylation sites (N-methyl/N-ethyl adjacent to an activating group) is 1. The van der Waals surface area contributed by atoms with Crippen LogP contribution in [0.15, 0.2) is 24.3 Å². The molecule has 2 rings (SSSR count). The highest BCUT2D eigenvalue weighted by Gasteiger charge is 2.35. The summed E-state index contributed by atoms with van der Waals surface area (Å²) in [6.45, 7) is 9.42. The van der Waals surface area contributed by atoms with Gasteiger partial charge in [-0.05, 0) is 59.3 Å². The third kappa shape index (κ3) is 3.42. The van der Waals surface area contributed by atoms with Crippen LogP contribution in [-0.2, 0) is 0 Å². The zero-order valence-corrected chi connectivity index (χ0v) is 13.6. The molecule has 0 aliphatic carbocycles. The van der Waals surface area contributed by atoms with Gasteiger partial charge in [0, 0.05) is 11.6 Å². The molecule has 1 saturated heterocycles. The Hall–Kier alpha value is -0.860. The van der Waals surface area contributed by atoms with Crippen LogP contribution in [0.1, 0.15) is 56.7 Å². The number of benzene rings is 1. The molecule has 0 amide bonds. The molecule has 0 aromatic heterocycles. The molecule has 0 bridgehead atoms. The van der Waals surface area contributed by atoms with Crippen LogP contribution in [0.25, 0.3) is 0 Å². The molecule has 1 aliphatic rings. The summed E-state index contributed by atoms with van der Waals surface area (Å²) in [6.07, 6.45) is 5.46. The van der Waals surface area contributed by atoms with Gasteiger partial charge in [0.15, 0.2) is 0 Å². The molecule has 0 saturated carbocycles. The van der Waals surface area contributed by atoms with Crippen molar-refractivity contribution in [1.29, 1.82) is 0 Å². The van der Waals surface area contributed by atoms with Crippen molar-refractivity contribution in [2.45, 2.75) is 58.0 Å². The van der Waals surface area contributed by atoms with Crippen molar-refractivity contribution in [3.05, 3.63) is 35.4 Å². The summed E-state index contributed by atoms with van der Waals surface area (Å²) < 4.78 is 0. The summed E-state index contributed by atoms with van der Waals surface area (Å²) in [5, 5.41) is 3.56. The molecule has 2 nitrogen and oxygen atoms in total. The summed E-state index contributed by atoms with van der Waals surface area (Å²) in [5.41, 5.74) is 2.89. The molecule has 2 heteroatoms. The fourth-order valence-electron chi connectivity index (χ4n) is 3.61. The van der Waals surface area contributed by atoms with Crippen LogP contribution >= 0.6 is 0 Å². The maximum absolute atomic E-state index is 3.56. The Labute approximate surface area is 124 Å². The number of likely N-dealkylation sites (tertiary alicyclic amines) is 1. The molecule has 1 heterocycles. The van der Waals surface area contributed by atoms with Crippen molar-refractivity contribution in [2.24, 2.45) is 0 Å². The van der Waals surface area contributed by atoms with Crippen molar-refractivity contribution >= 4 is 0 Å². The second-order valence-electron chi connectivity index (χ2n) is 6.69. The Balaban J connectivity index is 2.23. The lowest BCUT2D eigenvalue weighted by Crippen LogP contribution is -2.52. The number of nitrogens with zero attached hydrogens (tertiary/aromatic N) is 1. The number of aryl methyl sites for hydroxylation is 1. The molecule has 0 spiro atoms. The maximum Gasteiger partial charge on any atom is 0.0499 e. The molecule has 1 aromatic rings. The van der Waals surface area contributed by atoms with E-state index in [1.807, 2.05) is 0 Å². The van der Waals surface area contributed by atoms with Crippen LogP contribution in [0.2, 0.25) is 0 Å². The van der Waals surface area contributed by atoms with E-state index in [-0.39, 0.29) is 5.54 Å². The maximum atomic E-state index is 3.56. The van der Waals surface area contributed by atoms with Gasteiger partial charge < -0.3 is 5.32 Å². The van der Waals surface area contributed by atoms with Gasteiger partial charge in [0.05, 0.1) is 0 Å². The number of nitrogens with one attached hydrogen (secondary N) is 1. The average Bonchev–Trinajstić information content (AvgIpc) is 2.68. The fraction of sp³-hybridized carbons (Fsp3) is 0.667. The van der Waals surface area contributed by atoms with Gasteiger partial charge in [-0.15, -0.1) is 0 Å². The van der Waals surface area contributed by atoms with E-state index in [9.17, 15) is 0 Å². The summed E-state index contributed by atoms with van der Waals surface area (Å²) in [5.74, 6) is 0. The molecular formula is C18H30N2. The molecule has 1 N–H and O–H groups in total. The molecule has 1 unspecified atom stereocenters. The Morgan fingerprint density at radius 1 is 1.10 bits per heavy atom. The van der Waals surface area contributed by atoms with Crippen LogP contribution in [0.5, 0.6) is 0 Å². The minimum atomic E-state index is 0.146. The van der Waals surface area contributed by atoms with E-state index in [1.165, 1.54) is 49.9 Å². The molecule has 1 atom stereocenters. The van der Waals surface area contributed by atoms with Crippen LogP contribution in [0.4, 0.5) is 0 Å². The van der Waals surface area contributed by atoms with E-state index in [0.717, 1.165) is 0 Å². The van der Waals surface area contributed by atoms with Crippen LogP contribution in [-0.4, -0.2) is 30.6 Å². The molecule has 20 heavy (non-hydrogen) atoms. The van der Waals surface area contributed by atoms with Gasteiger partial charge in [0.1, 0.15) is 0 Å². The first-order valence-corrected chi connectivity index (χ1v) is 8.04. The zero-order valence-electron chi connectivity index (χ0n) is 13.6. The lowest BCUT2D eigenvalue weighted by molar-refractivity contribution is 0.0864. The van der Waals surface area contributed by atoms with Crippen molar-refractivity contribution in [2.75, 3.05) is 20.1 Å². The van der Waals surface area contributed by atoms with E-state index in [4.69, 9.17) is 0 Å². The van der Waals surface area contributed by atoms with Crippen LogP contribution in [0, 0.1) is 6.92 Å². The van der Waals surface area contributed by atoms with Gasteiger partial charge in [-0.3, -0.25) is 4.90 Å². The van der Waals surface area contributed by atoms with Crippen LogP contribution < -0.4 is 5.32 Å². The Morgan fingerprint density at radius 2 is 1.75 bits per heavy atom. The largest absolute Gasteiger partial charge is 0.311 e. The van der Waals surface area contributed by atoms with E-state index in [2.05, 4.69) is 62.3 Å². The minimum Gasteiger partial charge on any atom is -0.311 e. The highest BCUT2D eigenvalue weighted by molar-refractivity contribution is 5.27. The van der Waals surface area contributed by atoms with E-state index >= 15 is 0 Å². The van der Waals surface area contributed by atoms with Gasteiger partial charge in [0.25, 0.3) is 0 Å². The molecule has 0 radical (unpaired) electrons. The summed E-state index contributed by atoms with van der Waals surface area (Å²) in [4.78, 5) is 2.68. The number of hydrogen-bond acceptors (Lipinski definition) is 2. The molecule has 112 valence electrons. The Bertz CT molecular complexity index is 417. The van der Waals surface area contributed by atoms with Crippen molar-refractivity contribution < 1.29 is 0 Å². The average molecular weight is 274 g/mol. The third-order valence-corrected chi connectivity index (χ3v) is 4.79. The molecule has 1 fully saturated rings. The first kappa shape index (κ1) is 15.5. The molecule has 1 aromatic carbocycles. The lowest BCUT2D eigenvalue weighted by Gasteiger charge is -2.44. The smallest absolute Gasteiger partial charge is 0.0499 e. The van der Waals surface area contributed by atoms with Crippen molar-refractivity contribution in [3.63, 3.8) is 0 Å². The SMILES string of the molecule is CNC(c1cccc(C)c1)C(C)(C)N1CCCCCC1. The first-order chi connectivity index (χ1) is 9.55. The predicted octanol–water partition coefficient (Wildman–Crippen LogP) is 3.91. The van der Waals surface area contributed by atoms with Gasteiger partial charge in [-0.2, -0.15) is 0 Å². The van der Waals surface area contributed by atoms with Gasteiger partial charge in [-0.25, -0.2) is 0 Å². The summed E-state index contributed by atoms with van der Waals surface area (Å²) in [6, 6.07) is 9.30. The first-order valence-electron chi connectivity index (χ1n) is 8.04. The number of hydrogen-bond donors (Lipinski definition) is 1. The Morgan fingerprint density at radius 3 is 2.30 bits per heavy atom. The Kier molecular flexibility index (Phi) is 5.22. The monoisotopic (exact) mass is 274 g/mol. The van der Waals surface area contributed by atoms with E-state index in [0.29, 0.717) is 6.04 Å². The molecule has 1 aliphatic heterocycles. The van der Waals surface area contributed by atoms with Crippen molar-refractivity contribution in [1.82, 2.24) is 10.2 Å². The highest BCUT2D eigenvalue weighted by Crippen LogP contribution is 2.32. The predicted molar refractivity (Wildman–Crippen MR) is 87.1 cm³/mol. The highest BCUT2D eigenvalue weighted by atomic mass is 15.2. The second kappa shape index (κ2) is 6.73. The van der Waals surface area contributed by atoms with E-state index in [1.54, 1.807) is 0 Å². The summed E-state index contributed by atoms with van der Waals surface area (Å²) in [7, 11) is 2.09.